The van der Waals surface area contributed by atoms with Crippen molar-refractivity contribution < 1.29 is 0 Å². The summed E-state index contributed by atoms with van der Waals surface area (Å²) >= 11 is 1.71. The Morgan fingerprint density at radius 3 is 2.93 bits per heavy atom. The molecule has 0 aliphatic rings. The van der Waals surface area contributed by atoms with Crippen LogP contribution in [0.15, 0.2) is 16.8 Å². The number of thiophene rings is 1. The molecule has 1 aromatic rings. The Morgan fingerprint density at radius 1 is 1.71 bits per heavy atom. The van der Waals surface area contributed by atoms with Gasteiger partial charge in [0.15, 0.2) is 0 Å². The topological polar surface area (TPSA) is 53.1 Å². The Bertz CT molecular complexity index is 282. The van der Waals surface area contributed by atoms with Crippen molar-refractivity contribution in [1.29, 1.82) is 5.41 Å². The first-order chi connectivity index (χ1) is 6.59. The molecule has 1 atom stereocenters. The van der Waals surface area contributed by atoms with E-state index in [-0.39, 0.29) is 5.84 Å². The van der Waals surface area contributed by atoms with Crippen LogP contribution in [0.5, 0.6) is 0 Å². The van der Waals surface area contributed by atoms with Crippen LogP contribution in [0.1, 0.15) is 18.9 Å². The zero-order valence-electron chi connectivity index (χ0n) is 8.66. The average Bonchev–Trinajstić information content (AvgIpc) is 2.55. The van der Waals surface area contributed by atoms with Gasteiger partial charge in [-0.2, -0.15) is 11.3 Å². The summed E-state index contributed by atoms with van der Waals surface area (Å²) < 4.78 is 0. The van der Waals surface area contributed by atoms with Gasteiger partial charge >= 0.3 is 0 Å². The highest BCUT2D eigenvalue weighted by molar-refractivity contribution is 7.07. The standard InChI is InChI=1S/C10H17N3S/c1-8(5-10(11)12)13(2)6-9-3-4-14-7-9/h3-4,7-8H,5-6H2,1-2H3,(H3,11,12). The van der Waals surface area contributed by atoms with E-state index in [9.17, 15) is 0 Å². The lowest BCUT2D eigenvalue weighted by atomic mass is 10.2. The monoisotopic (exact) mass is 211 g/mol. The fourth-order valence-corrected chi connectivity index (χ4v) is 1.96. The quantitative estimate of drug-likeness (QED) is 0.577. The van der Waals surface area contributed by atoms with Crippen LogP contribution in [-0.4, -0.2) is 23.8 Å². The first kappa shape index (κ1) is 11.2. The number of nitrogens with zero attached hydrogens (tertiary/aromatic N) is 1. The Balaban J connectivity index is 2.41. The van der Waals surface area contributed by atoms with Gasteiger partial charge in [-0.25, -0.2) is 0 Å². The van der Waals surface area contributed by atoms with E-state index in [4.69, 9.17) is 11.1 Å². The number of amidine groups is 1. The highest BCUT2D eigenvalue weighted by Gasteiger charge is 2.10. The maximum atomic E-state index is 7.22. The third-order valence-electron chi connectivity index (χ3n) is 2.28. The zero-order chi connectivity index (χ0) is 10.6. The molecule has 0 aliphatic heterocycles. The molecule has 0 amide bonds. The molecule has 1 rings (SSSR count). The number of hydrogen-bond acceptors (Lipinski definition) is 3. The Hall–Kier alpha value is -0.870. The van der Waals surface area contributed by atoms with E-state index < -0.39 is 0 Å². The van der Waals surface area contributed by atoms with Crippen molar-refractivity contribution in [3.8, 4) is 0 Å². The number of rotatable bonds is 5. The summed E-state index contributed by atoms with van der Waals surface area (Å²) in [4.78, 5) is 2.21. The Labute approximate surface area is 89.0 Å². The van der Waals surface area contributed by atoms with E-state index in [0.29, 0.717) is 12.5 Å². The van der Waals surface area contributed by atoms with Crippen molar-refractivity contribution in [3.63, 3.8) is 0 Å². The van der Waals surface area contributed by atoms with Gasteiger partial charge in [0, 0.05) is 19.0 Å². The molecule has 1 aromatic heterocycles. The van der Waals surface area contributed by atoms with E-state index in [0.717, 1.165) is 6.54 Å². The van der Waals surface area contributed by atoms with Crippen LogP contribution in [0.3, 0.4) is 0 Å². The van der Waals surface area contributed by atoms with Crippen molar-refractivity contribution >= 4 is 17.2 Å². The Morgan fingerprint density at radius 2 is 2.43 bits per heavy atom. The summed E-state index contributed by atoms with van der Waals surface area (Å²) in [7, 11) is 2.06. The number of nitrogens with two attached hydrogens (primary N) is 1. The first-order valence-electron chi connectivity index (χ1n) is 4.64. The van der Waals surface area contributed by atoms with Crippen LogP contribution in [0.4, 0.5) is 0 Å². The fourth-order valence-electron chi connectivity index (χ4n) is 1.30. The van der Waals surface area contributed by atoms with Gasteiger partial charge in [-0.05, 0) is 36.4 Å². The Kier molecular flexibility index (Phi) is 4.10. The van der Waals surface area contributed by atoms with Gasteiger partial charge in [0.05, 0.1) is 5.84 Å². The normalized spacial score (nSPS) is 13.1. The number of nitrogens with one attached hydrogen (secondary N) is 1. The van der Waals surface area contributed by atoms with Gasteiger partial charge in [-0.1, -0.05) is 0 Å². The minimum Gasteiger partial charge on any atom is -0.388 e. The van der Waals surface area contributed by atoms with E-state index in [2.05, 4.69) is 35.7 Å². The van der Waals surface area contributed by atoms with Crippen LogP contribution < -0.4 is 5.73 Å². The molecule has 1 heterocycles. The van der Waals surface area contributed by atoms with Crippen molar-refractivity contribution in [1.82, 2.24) is 4.90 Å². The molecule has 0 bridgehead atoms. The molecule has 0 spiro atoms. The van der Waals surface area contributed by atoms with Crippen LogP contribution in [0, 0.1) is 5.41 Å². The van der Waals surface area contributed by atoms with Crippen molar-refractivity contribution in [2.45, 2.75) is 25.9 Å². The molecule has 1 unspecified atom stereocenters. The highest BCUT2D eigenvalue weighted by atomic mass is 32.1. The van der Waals surface area contributed by atoms with Gasteiger partial charge in [0.1, 0.15) is 0 Å². The third kappa shape index (κ3) is 3.47. The minimum atomic E-state index is 0.259. The molecule has 0 fully saturated rings. The van der Waals surface area contributed by atoms with E-state index >= 15 is 0 Å². The lowest BCUT2D eigenvalue weighted by Gasteiger charge is -2.23. The largest absolute Gasteiger partial charge is 0.388 e. The summed E-state index contributed by atoms with van der Waals surface area (Å²) in [6, 6.07) is 2.45. The molecule has 0 saturated carbocycles. The molecule has 4 heteroatoms. The predicted molar refractivity (Wildman–Crippen MR) is 61.8 cm³/mol. The molecule has 0 saturated heterocycles. The molecule has 0 aliphatic carbocycles. The molecular weight excluding hydrogens is 194 g/mol. The van der Waals surface area contributed by atoms with Gasteiger partial charge in [0.2, 0.25) is 0 Å². The molecular formula is C10H17N3S. The summed E-state index contributed by atoms with van der Waals surface area (Å²) in [5.74, 6) is 0.259. The average molecular weight is 211 g/mol. The molecule has 0 aromatic carbocycles. The van der Waals surface area contributed by atoms with Crippen LogP contribution in [0.2, 0.25) is 0 Å². The first-order valence-corrected chi connectivity index (χ1v) is 5.58. The number of hydrogen-bond donors (Lipinski definition) is 2. The van der Waals surface area contributed by atoms with Crippen LogP contribution in [0.25, 0.3) is 0 Å². The maximum Gasteiger partial charge on any atom is 0.0920 e. The van der Waals surface area contributed by atoms with Crippen molar-refractivity contribution in [3.05, 3.63) is 22.4 Å². The highest BCUT2D eigenvalue weighted by Crippen LogP contribution is 2.11. The smallest absolute Gasteiger partial charge is 0.0920 e. The zero-order valence-corrected chi connectivity index (χ0v) is 9.47. The fraction of sp³-hybridized carbons (Fsp3) is 0.500. The van der Waals surface area contributed by atoms with Crippen LogP contribution >= 0.6 is 11.3 Å². The summed E-state index contributed by atoms with van der Waals surface area (Å²) in [6.07, 6.45) is 0.640. The lowest BCUT2D eigenvalue weighted by Crippen LogP contribution is -2.32. The second-order valence-electron chi connectivity index (χ2n) is 3.63. The molecule has 14 heavy (non-hydrogen) atoms. The SMILES string of the molecule is CC(CC(=N)N)N(C)Cc1ccsc1. The van der Waals surface area contributed by atoms with E-state index in [1.54, 1.807) is 11.3 Å². The summed E-state index contributed by atoms with van der Waals surface area (Å²) in [5, 5.41) is 11.5. The van der Waals surface area contributed by atoms with Gasteiger partial charge < -0.3 is 5.73 Å². The summed E-state index contributed by atoms with van der Waals surface area (Å²) in [5.41, 5.74) is 6.69. The third-order valence-corrected chi connectivity index (χ3v) is 3.01. The second kappa shape index (κ2) is 5.12. The molecule has 3 N–H and O–H groups in total. The van der Waals surface area contributed by atoms with Crippen LogP contribution in [-0.2, 0) is 6.54 Å². The molecule has 3 nitrogen and oxygen atoms in total. The van der Waals surface area contributed by atoms with Crippen molar-refractivity contribution in [2.75, 3.05) is 7.05 Å². The predicted octanol–water partition coefficient (Wildman–Crippen LogP) is 1.89. The van der Waals surface area contributed by atoms with Gasteiger partial charge in [0.25, 0.3) is 0 Å². The molecule has 78 valence electrons. The van der Waals surface area contributed by atoms with Gasteiger partial charge in [-0.15, -0.1) is 0 Å². The molecule has 0 radical (unpaired) electrons. The van der Waals surface area contributed by atoms with E-state index in [1.165, 1.54) is 5.56 Å². The van der Waals surface area contributed by atoms with E-state index in [1.807, 2.05) is 0 Å². The minimum absolute atomic E-state index is 0.259. The van der Waals surface area contributed by atoms with Crippen molar-refractivity contribution in [2.24, 2.45) is 5.73 Å². The maximum absolute atomic E-state index is 7.22. The summed E-state index contributed by atoms with van der Waals surface area (Å²) in [6.45, 7) is 3.02. The second-order valence-corrected chi connectivity index (χ2v) is 4.41. The lowest BCUT2D eigenvalue weighted by molar-refractivity contribution is 0.255. The van der Waals surface area contributed by atoms with Gasteiger partial charge in [-0.3, -0.25) is 10.3 Å².